The minimum Gasteiger partial charge on any atom is -0.298 e. The molecule has 1 aromatic carbocycles. The van der Waals surface area contributed by atoms with E-state index in [1.54, 1.807) is 31.2 Å². The molecule has 0 aromatic heterocycles. The van der Waals surface area contributed by atoms with Crippen LogP contribution in [0.25, 0.3) is 0 Å². The molecule has 0 heterocycles. The largest absolute Gasteiger partial charge is 0.298 e. The average Bonchev–Trinajstić information content (AvgIpc) is 2.21. The monoisotopic (exact) mass is 207 g/mol. The molecule has 0 bridgehead atoms. The van der Waals surface area contributed by atoms with E-state index in [1.807, 2.05) is 6.07 Å². The summed E-state index contributed by atoms with van der Waals surface area (Å²) < 4.78 is 0. The van der Waals surface area contributed by atoms with Gasteiger partial charge < -0.3 is 0 Å². The smallest absolute Gasteiger partial charge is 0.154 e. The third-order valence-corrected chi connectivity index (χ3v) is 2.25. The zero-order valence-corrected chi connectivity index (χ0v) is 8.58. The van der Waals surface area contributed by atoms with Crippen LogP contribution in [0.4, 0.5) is 0 Å². The Morgan fingerprint density at radius 1 is 1.50 bits per heavy atom. The molecule has 0 fully saturated rings. The normalized spacial score (nSPS) is 11.8. The average molecular weight is 208 g/mol. The van der Waals surface area contributed by atoms with Gasteiger partial charge in [-0.15, -0.1) is 0 Å². The summed E-state index contributed by atoms with van der Waals surface area (Å²) in [7, 11) is 0. The van der Waals surface area contributed by atoms with E-state index in [9.17, 15) is 4.79 Å². The van der Waals surface area contributed by atoms with Crippen LogP contribution in [0.15, 0.2) is 24.3 Å². The van der Waals surface area contributed by atoms with Gasteiger partial charge in [0.05, 0.1) is 6.07 Å². The lowest BCUT2D eigenvalue weighted by atomic mass is 9.95. The first-order chi connectivity index (χ1) is 6.69. The van der Waals surface area contributed by atoms with Crippen molar-refractivity contribution in [2.24, 2.45) is 0 Å². The van der Waals surface area contributed by atoms with E-state index >= 15 is 0 Å². The molecule has 14 heavy (non-hydrogen) atoms. The van der Waals surface area contributed by atoms with Gasteiger partial charge >= 0.3 is 0 Å². The lowest BCUT2D eigenvalue weighted by molar-refractivity contribution is -0.119. The third kappa shape index (κ3) is 2.34. The number of benzene rings is 1. The molecule has 0 aliphatic rings. The zero-order valence-electron chi connectivity index (χ0n) is 7.83. The quantitative estimate of drug-likeness (QED) is 0.765. The van der Waals surface area contributed by atoms with Crippen LogP contribution in [0, 0.1) is 11.3 Å². The molecule has 0 spiro atoms. The summed E-state index contributed by atoms with van der Waals surface area (Å²) >= 11 is 5.71. The van der Waals surface area contributed by atoms with Crippen molar-refractivity contribution in [1.82, 2.24) is 0 Å². The highest BCUT2D eigenvalue weighted by atomic mass is 35.5. The Morgan fingerprint density at radius 3 is 2.50 bits per heavy atom. The minimum atomic E-state index is -0.655. The molecule has 0 aliphatic heterocycles. The second-order valence-electron chi connectivity index (χ2n) is 2.93. The number of halogens is 1. The third-order valence-electron chi connectivity index (χ3n) is 2.00. The SMILES string of the molecule is CCC(=O)[C@@H](C#N)c1ccc(Cl)cc1. The molecule has 0 unspecified atom stereocenters. The molecular formula is C11H10ClNO. The zero-order chi connectivity index (χ0) is 10.6. The van der Waals surface area contributed by atoms with Crippen LogP contribution < -0.4 is 0 Å². The van der Waals surface area contributed by atoms with Gasteiger partial charge in [0.1, 0.15) is 5.92 Å². The highest BCUT2D eigenvalue weighted by molar-refractivity contribution is 6.30. The first-order valence-corrected chi connectivity index (χ1v) is 4.74. The summed E-state index contributed by atoms with van der Waals surface area (Å²) in [6.45, 7) is 1.75. The van der Waals surface area contributed by atoms with Crippen LogP contribution in [0.1, 0.15) is 24.8 Å². The molecule has 0 radical (unpaired) electrons. The predicted octanol–water partition coefficient (Wildman–Crippen LogP) is 2.93. The molecule has 0 saturated carbocycles. The molecule has 2 nitrogen and oxygen atoms in total. The Balaban J connectivity index is 2.97. The van der Waals surface area contributed by atoms with Gasteiger partial charge in [0, 0.05) is 11.4 Å². The second-order valence-corrected chi connectivity index (χ2v) is 3.37. The second kappa shape index (κ2) is 4.78. The fraction of sp³-hybridized carbons (Fsp3) is 0.273. The first kappa shape index (κ1) is 10.7. The maximum atomic E-state index is 11.4. The summed E-state index contributed by atoms with van der Waals surface area (Å²) in [5.41, 5.74) is 0.712. The molecule has 1 aromatic rings. The van der Waals surface area contributed by atoms with Crippen molar-refractivity contribution in [2.75, 3.05) is 0 Å². The molecule has 0 aliphatic carbocycles. The van der Waals surface area contributed by atoms with Gasteiger partial charge in [-0.3, -0.25) is 4.79 Å². The van der Waals surface area contributed by atoms with E-state index in [-0.39, 0.29) is 5.78 Å². The molecule has 1 atom stereocenters. The van der Waals surface area contributed by atoms with Gasteiger partial charge in [0.15, 0.2) is 5.78 Å². The summed E-state index contributed by atoms with van der Waals surface area (Å²) in [6, 6.07) is 8.79. The number of nitrogens with zero attached hydrogens (tertiary/aromatic N) is 1. The van der Waals surface area contributed by atoms with Crippen LogP contribution in [0.2, 0.25) is 5.02 Å². The van der Waals surface area contributed by atoms with Gasteiger partial charge in [-0.25, -0.2) is 0 Å². The van der Waals surface area contributed by atoms with Crippen LogP contribution in [-0.4, -0.2) is 5.78 Å². The van der Waals surface area contributed by atoms with Gasteiger partial charge in [-0.1, -0.05) is 30.7 Å². The van der Waals surface area contributed by atoms with Gasteiger partial charge in [0.25, 0.3) is 0 Å². The number of nitriles is 1. The van der Waals surface area contributed by atoms with Crippen LogP contribution in [-0.2, 0) is 4.79 Å². The highest BCUT2D eigenvalue weighted by Gasteiger charge is 2.17. The summed E-state index contributed by atoms with van der Waals surface area (Å²) in [4.78, 5) is 11.4. The lowest BCUT2D eigenvalue weighted by Gasteiger charge is -2.06. The van der Waals surface area contributed by atoms with Crippen LogP contribution in [0.3, 0.4) is 0 Å². The standard InChI is InChI=1S/C11H10ClNO/c1-2-11(14)10(7-13)8-3-5-9(12)6-4-8/h3-6,10H,2H2,1H3/t10-/m0/s1. The van der Waals surface area contributed by atoms with Crippen molar-refractivity contribution in [2.45, 2.75) is 19.3 Å². The fourth-order valence-corrected chi connectivity index (χ4v) is 1.32. The minimum absolute atomic E-state index is 0.0603. The number of Topliss-reactive ketones (excluding diaryl/α,β-unsaturated/α-hetero) is 1. The van der Waals surface area contributed by atoms with E-state index in [0.717, 1.165) is 0 Å². The Kier molecular flexibility index (Phi) is 3.67. The summed E-state index contributed by atoms with van der Waals surface area (Å²) in [5.74, 6) is -0.716. The molecular weight excluding hydrogens is 198 g/mol. The number of ketones is 1. The number of carbonyl (C=O) groups excluding carboxylic acids is 1. The number of hydrogen-bond donors (Lipinski definition) is 0. The predicted molar refractivity (Wildman–Crippen MR) is 55.1 cm³/mol. The van der Waals surface area contributed by atoms with E-state index in [0.29, 0.717) is 17.0 Å². The van der Waals surface area contributed by atoms with E-state index < -0.39 is 5.92 Å². The fourth-order valence-electron chi connectivity index (χ4n) is 1.19. The Hall–Kier alpha value is -1.33. The Bertz CT molecular complexity index is 364. The summed E-state index contributed by atoms with van der Waals surface area (Å²) in [6.07, 6.45) is 0.376. The van der Waals surface area contributed by atoms with Crippen molar-refractivity contribution in [3.8, 4) is 6.07 Å². The van der Waals surface area contributed by atoms with Crippen molar-refractivity contribution < 1.29 is 4.79 Å². The van der Waals surface area contributed by atoms with Gasteiger partial charge in [0.2, 0.25) is 0 Å². The van der Waals surface area contributed by atoms with Crippen molar-refractivity contribution in [3.05, 3.63) is 34.9 Å². The topological polar surface area (TPSA) is 40.9 Å². The molecule has 0 saturated heterocycles. The first-order valence-electron chi connectivity index (χ1n) is 4.36. The van der Waals surface area contributed by atoms with Crippen molar-refractivity contribution >= 4 is 17.4 Å². The molecule has 3 heteroatoms. The maximum absolute atomic E-state index is 11.4. The number of carbonyl (C=O) groups is 1. The molecule has 1 rings (SSSR count). The highest BCUT2D eigenvalue weighted by Crippen LogP contribution is 2.19. The van der Waals surface area contributed by atoms with Crippen LogP contribution >= 0.6 is 11.6 Å². The lowest BCUT2D eigenvalue weighted by Crippen LogP contribution is -2.08. The molecule has 72 valence electrons. The molecule has 0 amide bonds. The van der Waals surface area contributed by atoms with E-state index in [4.69, 9.17) is 16.9 Å². The van der Waals surface area contributed by atoms with E-state index in [1.165, 1.54) is 0 Å². The van der Waals surface area contributed by atoms with Crippen molar-refractivity contribution in [3.63, 3.8) is 0 Å². The maximum Gasteiger partial charge on any atom is 0.154 e. The Labute approximate surface area is 88.1 Å². The molecule has 0 N–H and O–H groups in total. The van der Waals surface area contributed by atoms with Gasteiger partial charge in [-0.2, -0.15) is 5.26 Å². The Morgan fingerprint density at radius 2 is 2.07 bits per heavy atom. The van der Waals surface area contributed by atoms with Gasteiger partial charge in [-0.05, 0) is 17.7 Å². The van der Waals surface area contributed by atoms with Crippen molar-refractivity contribution in [1.29, 1.82) is 5.26 Å². The van der Waals surface area contributed by atoms with Crippen LogP contribution in [0.5, 0.6) is 0 Å². The number of rotatable bonds is 3. The summed E-state index contributed by atoms with van der Waals surface area (Å²) in [5, 5.41) is 9.45. The number of hydrogen-bond acceptors (Lipinski definition) is 2. The van der Waals surface area contributed by atoms with E-state index in [2.05, 4.69) is 0 Å².